The van der Waals surface area contributed by atoms with Gasteiger partial charge in [0.1, 0.15) is 5.75 Å². The van der Waals surface area contributed by atoms with E-state index < -0.39 is 17.8 Å². The zero-order chi connectivity index (χ0) is 13.0. The number of hydrogen-bond donors (Lipinski definition) is 3. The van der Waals surface area contributed by atoms with Gasteiger partial charge in [0.2, 0.25) is 0 Å². The van der Waals surface area contributed by atoms with Gasteiger partial charge in [0.05, 0.1) is 11.5 Å². The summed E-state index contributed by atoms with van der Waals surface area (Å²) in [7, 11) is 0. The molecule has 1 aromatic carbocycles. The molecule has 0 fully saturated rings. The quantitative estimate of drug-likeness (QED) is 0.733. The van der Waals surface area contributed by atoms with E-state index in [1.54, 1.807) is 19.1 Å². The summed E-state index contributed by atoms with van der Waals surface area (Å²) in [5, 5.41) is 20.6. The maximum absolute atomic E-state index is 11.7. The number of phenols is 1. The number of carboxylic acids is 1. The maximum atomic E-state index is 11.7. The topological polar surface area (TPSA) is 86.6 Å². The highest BCUT2D eigenvalue weighted by atomic mass is 16.4. The lowest BCUT2D eigenvalue weighted by Gasteiger charge is -2.09. The average molecular weight is 237 g/mol. The fourth-order valence-corrected chi connectivity index (χ4v) is 1.26. The summed E-state index contributed by atoms with van der Waals surface area (Å²) in [5.41, 5.74) is 1.00. The van der Waals surface area contributed by atoms with Crippen molar-refractivity contribution in [3.8, 4) is 5.75 Å². The van der Waals surface area contributed by atoms with Gasteiger partial charge in [-0.15, -0.1) is 0 Å². The van der Waals surface area contributed by atoms with Gasteiger partial charge in [0, 0.05) is 6.54 Å². The molecular formula is C12H15NO4. The van der Waals surface area contributed by atoms with Crippen LogP contribution in [0.15, 0.2) is 18.2 Å². The van der Waals surface area contributed by atoms with Crippen LogP contribution >= 0.6 is 0 Å². The molecule has 1 amide bonds. The van der Waals surface area contributed by atoms with Crippen molar-refractivity contribution in [1.29, 1.82) is 0 Å². The zero-order valence-corrected chi connectivity index (χ0v) is 9.73. The molecule has 3 N–H and O–H groups in total. The van der Waals surface area contributed by atoms with Crippen LogP contribution < -0.4 is 5.32 Å². The predicted molar refractivity (Wildman–Crippen MR) is 62.0 cm³/mol. The normalized spacial score (nSPS) is 11.9. The van der Waals surface area contributed by atoms with E-state index in [-0.39, 0.29) is 17.9 Å². The largest absolute Gasteiger partial charge is 0.507 e. The summed E-state index contributed by atoms with van der Waals surface area (Å²) in [5.74, 6) is -2.22. The number of aromatic hydroxyl groups is 1. The summed E-state index contributed by atoms with van der Waals surface area (Å²) in [6.07, 6.45) is 0. The molecule has 0 aliphatic carbocycles. The molecule has 0 aliphatic heterocycles. The standard InChI is InChI=1S/C12H15NO4/c1-7-3-4-10(14)9(5-7)11(15)13-6-8(2)12(16)17/h3-5,8,14H,6H2,1-2H3,(H,13,15)(H,16,17). The van der Waals surface area contributed by atoms with E-state index in [1.165, 1.54) is 13.0 Å². The smallest absolute Gasteiger partial charge is 0.308 e. The van der Waals surface area contributed by atoms with Crippen molar-refractivity contribution >= 4 is 11.9 Å². The number of carbonyl (C=O) groups excluding carboxylic acids is 1. The Morgan fingerprint density at radius 2 is 2.06 bits per heavy atom. The Labute approximate surface area is 99.1 Å². The minimum atomic E-state index is -0.973. The number of hydrogen-bond acceptors (Lipinski definition) is 3. The van der Waals surface area contributed by atoms with E-state index in [1.807, 2.05) is 0 Å². The molecule has 0 bridgehead atoms. The Bertz CT molecular complexity index is 442. The fraction of sp³-hybridized carbons (Fsp3) is 0.333. The molecule has 5 nitrogen and oxygen atoms in total. The molecule has 0 saturated carbocycles. The fourth-order valence-electron chi connectivity index (χ4n) is 1.26. The first-order chi connectivity index (χ1) is 7.91. The van der Waals surface area contributed by atoms with Crippen molar-refractivity contribution in [2.75, 3.05) is 6.54 Å². The van der Waals surface area contributed by atoms with Gasteiger partial charge in [-0.3, -0.25) is 9.59 Å². The highest BCUT2D eigenvalue weighted by Gasteiger charge is 2.15. The van der Waals surface area contributed by atoms with Crippen LogP contribution in [0.4, 0.5) is 0 Å². The van der Waals surface area contributed by atoms with Crippen molar-refractivity contribution in [3.63, 3.8) is 0 Å². The van der Waals surface area contributed by atoms with E-state index in [2.05, 4.69) is 5.32 Å². The van der Waals surface area contributed by atoms with Crippen molar-refractivity contribution < 1.29 is 19.8 Å². The molecule has 0 aromatic heterocycles. The van der Waals surface area contributed by atoms with Crippen LogP contribution in [0.5, 0.6) is 5.75 Å². The van der Waals surface area contributed by atoms with E-state index in [0.717, 1.165) is 5.56 Å². The number of carboxylic acid groups (broad SMARTS) is 1. The highest BCUT2D eigenvalue weighted by Crippen LogP contribution is 2.17. The number of benzene rings is 1. The van der Waals surface area contributed by atoms with Crippen molar-refractivity contribution in [2.45, 2.75) is 13.8 Å². The summed E-state index contributed by atoms with van der Waals surface area (Å²) < 4.78 is 0. The van der Waals surface area contributed by atoms with E-state index in [4.69, 9.17) is 5.11 Å². The zero-order valence-electron chi connectivity index (χ0n) is 9.73. The number of amides is 1. The van der Waals surface area contributed by atoms with Gasteiger partial charge in [-0.2, -0.15) is 0 Å². The van der Waals surface area contributed by atoms with Crippen LogP contribution in [0.3, 0.4) is 0 Å². The number of phenolic OH excluding ortho intramolecular Hbond substituents is 1. The van der Waals surface area contributed by atoms with E-state index in [9.17, 15) is 14.7 Å². The molecule has 0 heterocycles. The first-order valence-corrected chi connectivity index (χ1v) is 5.22. The second kappa shape index (κ2) is 5.34. The van der Waals surface area contributed by atoms with Gasteiger partial charge in [0.15, 0.2) is 0 Å². The summed E-state index contributed by atoms with van der Waals surface area (Å²) in [6, 6.07) is 4.67. The Morgan fingerprint density at radius 1 is 1.41 bits per heavy atom. The maximum Gasteiger partial charge on any atom is 0.308 e. The van der Waals surface area contributed by atoms with Gasteiger partial charge >= 0.3 is 5.97 Å². The molecule has 0 radical (unpaired) electrons. The number of nitrogens with one attached hydrogen (secondary N) is 1. The second-order valence-electron chi connectivity index (χ2n) is 3.97. The van der Waals surface area contributed by atoms with Gasteiger partial charge in [0.25, 0.3) is 5.91 Å². The lowest BCUT2D eigenvalue weighted by molar-refractivity contribution is -0.140. The molecule has 92 valence electrons. The van der Waals surface area contributed by atoms with Crippen LogP contribution in [0.1, 0.15) is 22.8 Å². The molecule has 1 aromatic rings. The lowest BCUT2D eigenvalue weighted by atomic mass is 10.1. The van der Waals surface area contributed by atoms with Gasteiger partial charge < -0.3 is 15.5 Å². The Balaban J connectivity index is 2.70. The van der Waals surface area contributed by atoms with E-state index >= 15 is 0 Å². The van der Waals surface area contributed by atoms with E-state index in [0.29, 0.717) is 0 Å². The average Bonchev–Trinajstić information content (AvgIpc) is 2.28. The Morgan fingerprint density at radius 3 is 2.65 bits per heavy atom. The molecular weight excluding hydrogens is 222 g/mol. The monoisotopic (exact) mass is 237 g/mol. The molecule has 5 heteroatoms. The minimum Gasteiger partial charge on any atom is -0.507 e. The van der Waals surface area contributed by atoms with Crippen molar-refractivity contribution in [2.24, 2.45) is 5.92 Å². The number of rotatable bonds is 4. The SMILES string of the molecule is Cc1ccc(O)c(C(=O)NCC(C)C(=O)O)c1. The third-order valence-corrected chi connectivity index (χ3v) is 2.39. The van der Waals surface area contributed by atoms with Crippen LogP contribution in [0, 0.1) is 12.8 Å². The molecule has 1 rings (SSSR count). The summed E-state index contributed by atoms with van der Waals surface area (Å²) >= 11 is 0. The molecule has 1 unspecified atom stereocenters. The third kappa shape index (κ3) is 3.48. The third-order valence-electron chi connectivity index (χ3n) is 2.39. The van der Waals surface area contributed by atoms with Crippen LogP contribution in [-0.4, -0.2) is 28.6 Å². The predicted octanol–water partition coefficient (Wildman–Crippen LogP) is 1.15. The van der Waals surface area contributed by atoms with Crippen LogP contribution in [0.2, 0.25) is 0 Å². The molecule has 1 atom stereocenters. The van der Waals surface area contributed by atoms with Crippen LogP contribution in [0.25, 0.3) is 0 Å². The first kappa shape index (κ1) is 13.0. The van der Waals surface area contributed by atoms with Crippen LogP contribution in [-0.2, 0) is 4.79 Å². The number of carbonyl (C=O) groups is 2. The Hall–Kier alpha value is -2.04. The van der Waals surface area contributed by atoms with Crippen molar-refractivity contribution in [3.05, 3.63) is 29.3 Å². The molecule has 0 aliphatic rings. The van der Waals surface area contributed by atoms with Crippen molar-refractivity contribution in [1.82, 2.24) is 5.32 Å². The minimum absolute atomic E-state index is 0.0293. The van der Waals surface area contributed by atoms with Gasteiger partial charge in [-0.05, 0) is 19.1 Å². The second-order valence-corrected chi connectivity index (χ2v) is 3.97. The first-order valence-electron chi connectivity index (χ1n) is 5.22. The van der Waals surface area contributed by atoms with Gasteiger partial charge in [-0.25, -0.2) is 0 Å². The molecule has 0 spiro atoms. The summed E-state index contributed by atoms with van der Waals surface area (Å²) in [4.78, 5) is 22.2. The molecule has 17 heavy (non-hydrogen) atoms. The Kier molecular flexibility index (Phi) is 4.09. The number of aryl methyl sites for hydroxylation is 1. The molecule has 0 saturated heterocycles. The highest BCUT2D eigenvalue weighted by molar-refractivity contribution is 5.97. The number of aliphatic carboxylic acids is 1. The summed E-state index contributed by atoms with van der Waals surface area (Å²) in [6.45, 7) is 3.33. The lowest BCUT2D eigenvalue weighted by Crippen LogP contribution is -2.31. The van der Waals surface area contributed by atoms with Gasteiger partial charge in [-0.1, -0.05) is 18.6 Å².